The van der Waals surface area contributed by atoms with Crippen LogP contribution in [-0.2, 0) is 16.8 Å². The number of Topliss-reactive ketones (excluding diaryl/α,β-unsaturated/α-hetero) is 1. The first-order valence-corrected chi connectivity index (χ1v) is 8.03. The second kappa shape index (κ2) is 4.16. The van der Waals surface area contributed by atoms with Gasteiger partial charge in [0.05, 0.1) is 12.5 Å². The van der Waals surface area contributed by atoms with E-state index in [2.05, 4.69) is 11.0 Å². The van der Waals surface area contributed by atoms with E-state index in [0.717, 1.165) is 49.4 Å². The van der Waals surface area contributed by atoms with Crippen LogP contribution in [0.15, 0.2) is 6.07 Å². The Bertz CT molecular complexity index is 686. The van der Waals surface area contributed by atoms with Crippen LogP contribution in [0.5, 0.6) is 17.2 Å². The normalized spacial score (nSPS) is 34.3. The molecule has 5 rings (SSSR count). The number of carbonyl (C=O) groups excluding carboxylic acids is 1. The van der Waals surface area contributed by atoms with Crippen LogP contribution < -0.4 is 14.2 Å². The molecule has 2 bridgehead atoms. The summed E-state index contributed by atoms with van der Waals surface area (Å²) in [6.45, 7) is 2.09. The number of fused-ring (bicyclic) bond motifs is 2. The van der Waals surface area contributed by atoms with Crippen molar-refractivity contribution in [2.45, 2.75) is 43.7 Å². The molecule has 2 fully saturated rings. The molecule has 1 aliphatic carbocycles. The number of ether oxygens (including phenoxy) is 3. The van der Waals surface area contributed by atoms with Crippen LogP contribution in [0.1, 0.15) is 36.8 Å². The minimum atomic E-state index is -0.391. The number of rotatable bonds is 1. The Morgan fingerprint density at radius 1 is 1.41 bits per heavy atom. The standard InChI is InChI=1S/C17H19NO4/c1-20-16-14-10(7-11-15(16)22-9-21-11)8-18-6-5-17(14)12(18)3-2-4-13(17)19/h7,12H,2-6,8-9H2,1H3. The van der Waals surface area contributed by atoms with Crippen molar-refractivity contribution in [3.8, 4) is 17.2 Å². The molecule has 1 saturated heterocycles. The summed E-state index contributed by atoms with van der Waals surface area (Å²) >= 11 is 0. The predicted molar refractivity (Wildman–Crippen MR) is 78.5 cm³/mol. The van der Waals surface area contributed by atoms with Crippen LogP contribution in [0.3, 0.4) is 0 Å². The molecule has 0 aromatic heterocycles. The lowest BCUT2D eigenvalue weighted by molar-refractivity contribution is -0.128. The van der Waals surface area contributed by atoms with Gasteiger partial charge >= 0.3 is 0 Å². The van der Waals surface area contributed by atoms with E-state index in [-0.39, 0.29) is 6.79 Å². The second-order valence-corrected chi connectivity index (χ2v) is 6.70. The van der Waals surface area contributed by atoms with Gasteiger partial charge in [-0.3, -0.25) is 9.69 Å². The molecule has 1 saturated carbocycles. The van der Waals surface area contributed by atoms with E-state index in [4.69, 9.17) is 14.2 Å². The summed E-state index contributed by atoms with van der Waals surface area (Å²) in [5, 5.41) is 0. The Kier molecular flexibility index (Phi) is 2.41. The first kappa shape index (κ1) is 12.8. The molecule has 22 heavy (non-hydrogen) atoms. The van der Waals surface area contributed by atoms with Crippen molar-refractivity contribution in [1.29, 1.82) is 0 Å². The lowest BCUT2D eigenvalue weighted by atomic mass is 9.62. The second-order valence-electron chi connectivity index (χ2n) is 6.70. The minimum absolute atomic E-state index is 0.225. The maximum Gasteiger partial charge on any atom is 0.231 e. The fraction of sp³-hybridized carbons (Fsp3) is 0.588. The van der Waals surface area contributed by atoms with Crippen LogP contribution in [0.2, 0.25) is 0 Å². The third kappa shape index (κ3) is 1.32. The lowest BCUT2D eigenvalue weighted by Crippen LogP contribution is -2.53. The van der Waals surface area contributed by atoms with E-state index in [1.807, 2.05) is 0 Å². The van der Waals surface area contributed by atoms with Gasteiger partial charge in [-0.05, 0) is 30.9 Å². The molecule has 1 aromatic carbocycles. The molecule has 0 amide bonds. The third-order valence-corrected chi connectivity index (χ3v) is 5.91. The topological polar surface area (TPSA) is 48.0 Å². The average Bonchev–Trinajstić information content (AvgIpc) is 3.09. The fourth-order valence-corrected chi connectivity index (χ4v) is 5.10. The van der Waals surface area contributed by atoms with Crippen molar-refractivity contribution in [3.63, 3.8) is 0 Å². The molecule has 3 aliphatic heterocycles. The lowest BCUT2D eigenvalue weighted by Gasteiger charge is -2.46. The summed E-state index contributed by atoms with van der Waals surface area (Å²) in [7, 11) is 1.66. The molecule has 5 heteroatoms. The molecular weight excluding hydrogens is 282 g/mol. The van der Waals surface area contributed by atoms with Gasteiger partial charge in [0.2, 0.25) is 12.5 Å². The number of hydrogen-bond donors (Lipinski definition) is 0. The largest absolute Gasteiger partial charge is 0.492 e. The highest BCUT2D eigenvalue weighted by molar-refractivity contribution is 5.94. The maximum absolute atomic E-state index is 13.0. The highest BCUT2D eigenvalue weighted by atomic mass is 16.7. The fourth-order valence-electron chi connectivity index (χ4n) is 5.10. The Morgan fingerprint density at radius 2 is 2.32 bits per heavy atom. The predicted octanol–water partition coefficient (Wildman–Crippen LogP) is 2.00. The average molecular weight is 301 g/mol. The van der Waals surface area contributed by atoms with Crippen molar-refractivity contribution in [3.05, 3.63) is 17.2 Å². The van der Waals surface area contributed by atoms with Gasteiger partial charge in [0.15, 0.2) is 11.5 Å². The van der Waals surface area contributed by atoms with E-state index >= 15 is 0 Å². The van der Waals surface area contributed by atoms with Gasteiger partial charge in [-0.15, -0.1) is 0 Å². The number of carbonyl (C=O) groups is 1. The van der Waals surface area contributed by atoms with Crippen molar-refractivity contribution in [1.82, 2.24) is 4.90 Å². The van der Waals surface area contributed by atoms with Gasteiger partial charge in [-0.25, -0.2) is 0 Å². The maximum atomic E-state index is 13.0. The van der Waals surface area contributed by atoms with Crippen LogP contribution in [0, 0.1) is 0 Å². The van der Waals surface area contributed by atoms with Gasteiger partial charge < -0.3 is 14.2 Å². The summed E-state index contributed by atoms with van der Waals surface area (Å²) in [4.78, 5) is 15.5. The third-order valence-electron chi connectivity index (χ3n) is 5.91. The number of nitrogens with zero attached hydrogens (tertiary/aromatic N) is 1. The SMILES string of the molecule is COc1c2c(cc3c1C14CCN(C3)C1CCCC4=O)OCO2. The van der Waals surface area contributed by atoms with Gasteiger partial charge in [0.25, 0.3) is 0 Å². The van der Waals surface area contributed by atoms with Crippen molar-refractivity contribution in [2.24, 2.45) is 0 Å². The Hall–Kier alpha value is -1.75. The smallest absolute Gasteiger partial charge is 0.231 e. The number of hydrogen-bond acceptors (Lipinski definition) is 5. The molecule has 116 valence electrons. The highest BCUT2D eigenvalue weighted by Gasteiger charge is 2.59. The Balaban J connectivity index is 1.82. The Labute approximate surface area is 129 Å². The first-order valence-electron chi connectivity index (χ1n) is 8.03. The van der Waals surface area contributed by atoms with Crippen LogP contribution in [0.25, 0.3) is 0 Å². The zero-order valence-corrected chi connectivity index (χ0v) is 12.7. The summed E-state index contributed by atoms with van der Waals surface area (Å²) in [6, 6.07) is 2.38. The summed E-state index contributed by atoms with van der Waals surface area (Å²) in [6.07, 6.45) is 3.69. The molecule has 4 aliphatic rings. The van der Waals surface area contributed by atoms with Gasteiger partial charge in [0.1, 0.15) is 5.78 Å². The van der Waals surface area contributed by atoms with Gasteiger partial charge in [-0.2, -0.15) is 0 Å². The monoisotopic (exact) mass is 301 g/mol. The van der Waals surface area contributed by atoms with Crippen LogP contribution in [0.4, 0.5) is 0 Å². The van der Waals surface area contributed by atoms with E-state index in [1.54, 1.807) is 7.11 Å². The summed E-state index contributed by atoms with van der Waals surface area (Å²) in [5.74, 6) is 2.53. The van der Waals surface area contributed by atoms with E-state index in [9.17, 15) is 4.79 Å². The highest BCUT2D eigenvalue weighted by Crippen LogP contribution is 2.58. The van der Waals surface area contributed by atoms with Gasteiger partial charge in [-0.1, -0.05) is 0 Å². The molecule has 5 nitrogen and oxygen atoms in total. The zero-order valence-electron chi connectivity index (χ0n) is 12.7. The first-order chi connectivity index (χ1) is 10.8. The molecule has 0 radical (unpaired) electrons. The summed E-state index contributed by atoms with van der Waals surface area (Å²) < 4.78 is 16.9. The number of benzene rings is 1. The molecular formula is C17H19NO4. The van der Waals surface area contributed by atoms with E-state index in [1.165, 1.54) is 5.56 Å². The number of methoxy groups -OCH3 is 1. The van der Waals surface area contributed by atoms with E-state index in [0.29, 0.717) is 24.0 Å². The molecule has 1 aromatic rings. The van der Waals surface area contributed by atoms with Gasteiger partial charge in [0, 0.05) is 31.1 Å². The minimum Gasteiger partial charge on any atom is -0.492 e. The molecule has 3 atom stereocenters. The molecule has 0 spiro atoms. The van der Waals surface area contributed by atoms with Crippen molar-refractivity contribution >= 4 is 5.78 Å². The Morgan fingerprint density at radius 3 is 3.18 bits per heavy atom. The number of ketones is 1. The molecule has 3 heterocycles. The van der Waals surface area contributed by atoms with Crippen LogP contribution in [-0.4, -0.2) is 37.2 Å². The zero-order chi connectivity index (χ0) is 14.9. The van der Waals surface area contributed by atoms with E-state index < -0.39 is 5.41 Å². The van der Waals surface area contributed by atoms with Crippen molar-refractivity contribution in [2.75, 3.05) is 20.4 Å². The quantitative estimate of drug-likeness (QED) is 0.794. The van der Waals surface area contributed by atoms with Crippen LogP contribution >= 0.6 is 0 Å². The van der Waals surface area contributed by atoms with Crippen molar-refractivity contribution < 1.29 is 19.0 Å². The molecule has 3 unspecified atom stereocenters. The summed E-state index contributed by atoms with van der Waals surface area (Å²) in [5.41, 5.74) is 1.87. The molecule has 0 N–H and O–H groups in total.